The van der Waals surface area contributed by atoms with E-state index < -0.39 is 0 Å². The SMILES string of the molecule is Cc1cccc(OC(=O)CN2CCc3sccc3C2)c1Cl. The summed E-state index contributed by atoms with van der Waals surface area (Å²) in [5, 5.41) is 2.61. The van der Waals surface area contributed by atoms with E-state index in [1.807, 2.05) is 19.1 Å². The highest BCUT2D eigenvalue weighted by atomic mass is 35.5. The van der Waals surface area contributed by atoms with Crippen LogP contribution in [0.3, 0.4) is 0 Å². The number of carbonyl (C=O) groups is 1. The molecule has 1 aliphatic rings. The highest BCUT2D eigenvalue weighted by Gasteiger charge is 2.20. The van der Waals surface area contributed by atoms with Crippen LogP contribution in [-0.4, -0.2) is 24.0 Å². The van der Waals surface area contributed by atoms with Crippen LogP contribution in [0.4, 0.5) is 0 Å². The van der Waals surface area contributed by atoms with Crippen LogP contribution in [0.1, 0.15) is 16.0 Å². The van der Waals surface area contributed by atoms with E-state index in [4.69, 9.17) is 16.3 Å². The van der Waals surface area contributed by atoms with Gasteiger partial charge in [0.15, 0.2) is 0 Å². The molecule has 0 atom stereocenters. The predicted octanol–water partition coefficient (Wildman–Crippen LogP) is 3.67. The maximum atomic E-state index is 12.1. The van der Waals surface area contributed by atoms with Crippen LogP contribution in [0.25, 0.3) is 0 Å². The fourth-order valence-electron chi connectivity index (χ4n) is 2.48. The first-order chi connectivity index (χ1) is 10.1. The van der Waals surface area contributed by atoms with Crippen molar-refractivity contribution in [3.63, 3.8) is 0 Å². The van der Waals surface area contributed by atoms with E-state index in [1.54, 1.807) is 17.4 Å². The second-order valence-electron chi connectivity index (χ2n) is 5.19. The number of ether oxygens (including phenoxy) is 1. The molecule has 0 aliphatic carbocycles. The summed E-state index contributed by atoms with van der Waals surface area (Å²) in [7, 11) is 0. The topological polar surface area (TPSA) is 29.5 Å². The van der Waals surface area contributed by atoms with Gasteiger partial charge in [0.05, 0.1) is 11.6 Å². The van der Waals surface area contributed by atoms with E-state index in [-0.39, 0.29) is 5.97 Å². The Labute approximate surface area is 133 Å². The molecule has 1 aliphatic heterocycles. The molecule has 0 N–H and O–H groups in total. The third-order valence-corrected chi connectivity index (χ3v) is 5.13. The molecule has 1 aromatic heterocycles. The van der Waals surface area contributed by atoms with Gasteiger partial charge in [-0.1, -0.05) is 23.7 Å². The van der Waals surface area contributed by atoms with Gasteiger partial charge >= 0.3 is 5.97 Å². The molecule has 0 amide bonds. The van der Waals surface area contributed by atoms with Gasteiger partial charge in [0, 0.05) is 18.0 Å². The number of esters is 1. The zero-order valence-corrected chi connectivity index (χ0v) is 13.3. The number of hydrogen-bond acceptors (Lipinski definition) is 4. The van der Waals surface area contributed by atoms with Crippen LogP contribution in [0.2, 0.25) is 5.02 Å². The summed E-state index contributed by atoms with van der Waals surface area (Å²) in [6.45, 7) is 3.89. The van der Waals surface area contributed by atoms with Crippen molar-refractivity contribution >= 4 is 28.9 Å². The van der Waals surface area contributed by atoms with Gasteiger partial charge in [0.2, 0.25) is 0 Å². The Balaban J connectivity index is 1.61. The molecule has 0 saturated heterocycles. The molecule has 5 heteroatoms. The lowest BCUT2D eigenvalue weighted by Gasteiger charge is -2.25. The van der Waals surface area contributed by atoms with Gasteiger partial charge in [-0.05, 0) is 42.0 Å². The molecule has 2 heterocycles. The minimum absolute atomic E-state index is 0.263. The number of thiophene rings is 1. The van der Waals surface area contributed by atoms with Crippen LogP contribution in [0.15, 0.2) is 29.6 Å². The van der Waals surface area contributed by atoms with Crippen molar-refractivity contribution in [3.8, 4) is 5.75 Å². The first kappa shape index (κ1) is 14.6. The lowest BCUT2D eigenvalue weighted by Crippen LogP contribution is -2.35. The highest BCUT2D eigenvalue weighted by Crippen LogP contribution is 2.28. The molecule has 110 valence electrons. The van der Waals surface area contributed by atoms with Gasteiger partial charge in [-0.25, -0.2) is 0 Å². The Morgan fingerprint density at radius 1 is 1.43 bits per heavy atom. The lowest BCUT2D eigenvalue weighted by molar-refractivity contribution is -0.135. The zero-order chi connectivity index (χ0) is 14.8. The van der Waals surface area contributed by atoms with Gasteiger partial charge in [-0.3, -0.25) is 9.69 Å². The van der Waals surface area contributed by atoms with Gasteiger partial charge in [-0.15, -0.1) is 11.3 Å². The number of halogens is 1. The quantitative estimate of drug-likeness (QED) is 0.638. The molecule has 0 bridgehead atoms. The number of rotatable bonds is 3. The molecule has 1 aromatic carbocycles. The molecule has 0 saturated carbocycles. The molecule has 0 fully saturated rings. The fourth-order valence-corrected chi connectivity index (χ4v) is 3.53. The fraction of sp³-hybridized carbons (Fsp3) is 0.312. The van der Waals surface area contributed by atoms with E-state index in [9.17, 15) is 4.79 Å². The molecular formula is C16H16ClNO2S. The highest BCUT2D eigenvalue weighted by molar-refractivity contribution is 7.10. The number of hydrogen-bond donors (Lipinski definition) is 0. The normalized spacial score (nSPS) is 14.8. The first-order valence-electron chi connectivity index (χ1n) is 6.87. The van der Waals surface area contributed by atoms with Crippen molar-refractivity contribution in [2.45, 2.75) is 19.9 Å². The number of carbonyl (C=O) groups excluding carboxylic acids is 1. The molecule has 3 nitrogen and oxygen atoms in total. The number of nitrogens with zero attached hydrogens (tertiary/aromatic N) is 1. The Bertz CT molecular complexity index is 668. The number of benzene rings is 1. The van der Waals surface area contributed by atoms with Crippen LogP contribution in [0, 0.1) is 6.92 Å². The summed E-state index contributed by atoms with van der Waals surface area (Å²) in [4.78, 5) is 15.6. The summed E-state index contributed by atoms with van der Waals surface area (Å²) in [5.74, 6) is 0.177. The molecule has 0 radical (unpaired) electrons. The van der Waals surface area contributed by atoms with Crippen molar-refractivity contribution in [2.75, 3.05) is 13.1 Å². The smallest absolute Gasteiger partial charge is 0.325 e. The maximum Gasteiger partial charge on any atom is 0.325 e. The molecule has 3 rings (SSSR count). The second kappa shape index (κ2) is 6.18. The van der Waals surface area contributed by atoms with Gasteiger partial charge in [0.1, 0.15) is 5.75 Å². The van der Waals surface area contributed by atoms with E-state index in [0.717, 1.165) is 25.1 Å². The molecule has 2 aromatic rings. The van der Waals surface area contributed by atoms with E-state index in [1.165, 1.54) is 10.4 Å². The van der Waals surface area contributed by atoms with Crippen LogP contribution in [-0.2, 0) is 17.8 Å². The van der Waals surface area contributed by atoms with Crippen molar-refractivity contribution < 1.29 is 9.53 Å². The van der Waals surface area contributed by atoms with Crippen LogP contribution in [0.5, 0.6) is 5.75 Å². The molecular weight excluding hydrogens is 306 g/mol. The third-order valence-electron chi connectivity index (χ3n) is 3.62. The predicted molar refractivity (Wildman–Crippen MR) is 85.1 cm³/mol. The summed E-state index contributed by atoms with van der Waals surface area (Å²) in [5.41, 5.74) is 2.23. The molecule has 21 heavy (non-hydrogen) atoms. The summed E-state index contributed by atoms with van der Waals surface area (Å²) in [6.07, 6.45) is 1.01. The van der Waals surface area contributed by atoms with Crippen molar-refractivity contribution in [1.29, 1.82) is 0 Å². The molecule has 0 spiro atoms. The van der Waals surface area contributed by atoms with Gasteiger partial charge in [0.25, 0.3) is 0 Å². The van der Waals surface area contributed by atoms with Crippen molar-refractivity contribution in [3.05, 3.63) is 50.7 Å². The average Bonchev–Trinajstić information content (AvgIpc) is 2.91. The van der Waals surface area contributed by atoms with E-state index in [2.05, 4.69) is 16.3 Å². The van der Waals surface area contributed by atoms with Gasteiger partial charge < -0.3 is 4.74 Å². The van der Waals surface area contributed by atoms with Crippen molar-refractivity contribution in [2.24, 2.45) is 0 Å². The second-order valence-corrected chi connectivity index (χ2v) is 6.57. The number of aryl methyl sites for hydroxylation is 1. The Morgan fingerprint density at radius 3 is 3.14 bits per heavy atom. The Kier molecular flexibility index (Phi) is 4.29. The maximum absolute atomic E-state index is 12.1. The minimum atomic E-state index is -0.263. The largest absolute Gasteiger partial charge is 0.424 e. The summed E-state index contributed by atoms with van der Waals surface area (Å²) < 4.78 is 5.39. The summed E-state index contributed by atoms with van der Waals surface area (Å²) >= 11 is 7.94. The first-order valence-corrected chi connectivity index (χ1v) is 8.12. The Hall–Kier alpha value is -1.36. The van der Waals surface area contributed by atoms with E-state index >= 15 is 0 Å². The standard InChI is InChI=1S/C16H16ClNO2S/c1-11-3-2-4-13(16(11)17)20-15(19)10-18-7-5-14-12(9-18)6-8-21-14/h2-4,6,8H,5,7,9-10H2,1H3. The summed E-state index contributed by atoms with van der Waals surface area (Å²) in [6, 6.07) is 7.58. The van der Waals surface area contributed by atoms with Crippen LogP contribution >= 0.6 is 22.9 Å². The number of fused-ring (bicyclic) bond motifs is 1. The third kappa shape index (κ3) is 3.28. The lowest BCUT2D eigenvalue weighted by atomic mass is 10.1. The zero-order valence-electron chi connectivity index (χ0n) is 11.8. The average molecular weight is 322 g/mol. The van der Waals surface area contributed by atoms with Crippen molar-refractivity contribution in [1.82, 2.24) is 4.90 Å². The molecule has 0 unspecified atom stereocenters. The van der Waals surface area contributed by atoms with Crippen LogP contribution < -0.4 is 4.74 Å². The van der Waals surface area contributed by atoms with E-state index in [0.29, 0.717) is 17.3 Å². The minimum Gasteiger partial charge on any atom is -0.424 e. The van der Waals surface area contributed by atoms with Gasteiger partial charge in [-0.2, -0.15) is 0 Å². The monoisotopic (exact) mass is 321 g/mol. The Morgan fingerprint density at radius 2 is 2.29 bits per heavy atom.